The van der Waals surface area contributed by atoms with E-state index in [1.165, 1.54) is 19.2 Å². The van der Waals surface area contributed by atoms with E-state index in [2.05, 4.69) is 10.2 Å². The summed E-state index contributed by atoms with van der Waals surface area (Å²) in [6.07, 6.45) is 0.142. The van der Waals surface area contributed by atoms with Crippen molar-refractivity contribution < 1.29 is 19.2 Å². The van der Waals surface area contributed by atoms with Crippen molar-refractivity contribution in [3.8, 4) is 5.75 Å². The number of nitrogens with zero attached hydrogens (tertiary/aromatic N) is 2. The molecule has 0 spiro atoms. The third kappa shape index (κ3) is 5.66. The molecule has 1 atom stereocenters. The molecule has 9 heteroatoms. The summed E-state index contributed by atoms with van der Waals surface area (Å²) in [7, 11) is 1.43. The largest absolute Gasteiger partial charge is 0.496 e. The number of methoxy groups -OCH3 is 1. The van der Waals surface area contributed by atoms with Crippen LogP contribution in [0.25, 0.3) is 0 Å². The van der Waals surface area contributed by atoms with E-state index >= 15 is 0 Å². The summed E-state index contributed by atoms with van der Waals surface area (Å²) in [5, 5.41) is 14.5. The Labute approximate surface area is 173 Å². The molecule has 1 N–H and O–H groups in total. The van der Waals surface area contributed by atoms with E-state index in [-0.39, 0.29) is 29.8 Å². The predicted octanol–water partition coefficient (Wildman–Crippen LogP) is 3.66. The van der Waals surface area contributed by atoms with Crippen molar-refractivity contribution in [2.24, 2.45) is 0 Å². The van der Waals surface area contributed by atoms with E-state index in [4.69, 9.17) is 21.1 Å². The van der Waals surface area contributed by atoms with Gasteiger partial charge in [0.25, 0.3) is 5.69 Å². The smallest absolute Gasteiger partial charge is 0.296 e. The highest BCUT2D eigenvalue weighted by Crippen LogP contribution is 2.29. The number of amides is 1. The van der Waals surface area contributed by atoms with Gasteiger partial charge in [-0.2, -0.15) is 0 Å². The highest BCUT2D eigenvalue weighted by molar-refractivity contribution is 6.30. The summed E-state index contributed by atoms with van der Waals surface area (Å²) < 4.78 is 10.8. The van der Waals surface area contributed by atoms with Gasteiger partial charge < -0.3 is 14.8 Å². The Morgan fingerprint density at radius 2 is 2.10 bits per heavy atom. The number of nitro benzene ring substituents is 1. The van der Waals surface area contributed by atoms with Crippen molar-refractivity contribution >= 4 is 28.9 Å². The number of halogens is 1. The predicted molar refractivity (Wildman–Crippen MR) is 109 cm³/mol. The standard InChI is InChI=1S/C20H22ClN3O5/c1-28-16-6-7-17(18(12-16)24(26)27)22-20(25)8-9-23-10-11-29-19(13-23)14-2-4-15(21)5-3-14/h2-7,12,19H,8-11,13H2,1H3,(H,22,25). The molecule has 1 saturated heterocycles. The number of morpholine rings is 1. The monoisotopic (exact) mass is 419 g/mol. The molecule has 1 fully saturated rings. The van der Waals surface area contributed by atoms with Crippen LogP contribution in [0.1, 0.15) is 18.1 Å². The van der Waals surface area contributed by atoms with Crippen molar-refractivity contribution in [3.05, 3.63) is 63.2 Å². The fourth-order valence-electron chi connectivity index (χ4n) is 3.15. The maximum Gasteiger partial charge on any atom is 0.296 e. The fourth-order valence-corrected chi connectivity index (χ4v) is 3.28. The second kappa shape index (κ2) is 9.69. The van der Waals surface area contributed by atoms with E-state index in [9.17, 15) is 14.9 Å². The Hall–Kier alpha value is -2.68. The van der Waals surface area contributed by atoms with Gasteiger partial charge >= 0.3 is 0 Å². The van der Waals surface area contributed by atoms with E-state index in [1.54, 1.807) is 6.07 Å². The second-order valence-corrected chi connectivity index (χ2v) is 7.09. The summed E-state index contributed by atoms with van der Waals surface area (Å²) in [4.78, 5) is 25.2. The molecule has 154 valence electrons. The summed E-state index contributed by atoms with van der Waals surface area (Å²) in [6, 6.07) is 11.9. The Morgan fingerprint density at radius 3 is 2.79 bits per heavy atom. The van der Waals surface area contributed by atoms with Crippen molar-refractivity contribution in [2.45, 2.75) is 12.5 Å². The van der Waals surface area contributed by atoms with E-state index in [1.807, 2.05) is 24.3 Å². The second-order valence-electron chi connectivity index (χ2n) is 6.65. The molecular weight excluding hydrogens is 398 g/mol. The summed E-state index contributed by atoms with van der Waals surface area (Å²) in [5.74, 6) is 0.0732. The molecule has 0 aromatic heterocycles. The van der Waals surface area contributed by atoms with Crippen LogP contribution in [0.3, 0.4) is 0 Å². The number of anilines is 1. The van der Waals surface area contributed by atoms with Gasteiger partial charge in [-0.1, -0.05) is 23.7 Å². The lowest BCUT2D eigenvalue weighted by Gasteiger charge is -2.33. The van der Waals surface area contributed by atoms with E-state index in [0.29, 0.717) is 30.5 Å². The topological polar surface area (TPSA) is 93.9 Å². The summed E-state index contributed by atoms with van der Waals surface area (Å²) >= 11 is 5.93. The van der Waals surface area contributed by atoms with E-state index in [0.717, 1.165) is 12.1 Å². The van der Waals surface area contributed by atoms with Crippen LogP contribution in [0.2, 0.25) is 5.02 Å². The minimum absolute atomic E-state index is 0.0771. The van der Waals surface area contributed by atoms with Crippen LogP contribution in [0, 0.1) is 10.1 Å². The zero-order valence-electron chi connectivity index (χ0n) is 16.0. The number of carbonyl (C=O) groups excluding carboxylic acids is 1. The quantitative estimate of drug-likeness (QED) is 0.543. The number of hydrogen-bond donors (Lipinski definition) is 1. The number of nitrogens with one attached hydrogen (secondary N) is 1. The molecule has 0 aliphatic carbocycles. The first-order valence-corrected chi connectivity index (χ1v) is 9.56. The number of ether oxygens (including phenoxy) is 2. The first-order valence-electron chi connectivity index (χ1n) is 9.18. The third-order valence-corrected chi connectivity index (χ3v) is 4.98. The van der Waals surface area contributed by atoms with Gasteiger partial charge in [-0.15, -0.1) is 0 Å². The molecule has 0 radical (unpaired) electrons. The highest BCUT2D eigenvalue weighted by atomic mass is 35.5. The number of carbonyl (C=O) groups is 1. The lowest BCUT2D eigenvalue weighted by Crippen LogP contribution is -2.39. The van der Waals surface area contributed by atoms with Crippen molar-refractivity contribution in [2.75, 3.05) is 38.7 Å². The van der Waals surface area contributed by atoms with Crippen LogP contribution < -0.4 is 10.1 Å². The molecule has 3 rings (SSSR count). The lowest BCUT2D eigenvalue weighted by molar-refractivity contribution is -0.384. The van der Waals surface area contributed by atoms with Crippen LogP contribution in [0.4, 0.5) is 11.4 Å². The number of rotatable bonds is 7. The molecule has 1 heterocycles. The molecule has 2 aromatic rings. The maximum absolute atomic E-state index is 12.3. The number of hydrogen-bond acceptors (Lipinski definition) is 6. The first-order chi connectivity index (χ1) is 14.0. The number of benzene rings is 2. The fraction of sp³-hybridized carbons (Fsp3) is 0.350. The molecular formula is C20H22ClN3O5. The van der Waals surface area contributed by atoms with Gasteiger partial charge in [-0.3, -0.25) is 19.8 Å². The first kappa shape index (κ1) is 21.0. The lowest BCUT2D eigenvalue weighted by atomic mass is 10.1. The Balaban J connectivity index is 1.55. The third-order valence-electron chi connectivity index (χ3n) is 4.72. The van der Waals surface area contributed by atoms with Crippen LogP contribution in [0.5, 0.6) is 5.75 Å². The van der Waals surface area contributed by atoms with Gasteiger partial charge in [0.1, 0.15) is 11.4 Å². The van der Waals surface area contributed by atoms with Crippen molar-refractivity contribution in [1.29, 1.82) is 0 Å². The van der Waals surface area contributed by atoms with E-state index < -0.39 is 4.92 Å². The summed E-state index contributed by atoms with van der Waals surface area (Å²) in [5.41, 5.74) is 0.992. The molecule has 29 heavy (non-hydrogen) atoms. The molecule has 8 nitrogen and oxygen atoms in total. The van der Waals surface area contributed by atoms with Crippen LogP contribution >= 0.6 is 11.6 Å². The zero-order valence-corrected chi connectivity index (χ0v) is 16.7. The van der Waals surface area contributed by atoms with Crippen LogP contribution in [-0.2, 0) is 9.53 Å². The molecule has 1 aliphatic rings. The van der Waals surface area contributed by atoms with Gasteiger partial charge in [0.2, 0.25) is 5.91 Å². The molecule has 1 amide bonds. The molecule has 0 bridgehead atoms. The summed E-state index contributed by atoms with van der Waals surface area (Å²) in [6.45, 7) is 2.49. The minimum Gasteiger partial charge on any atom is -0.496 e. The van der Waals surface area contributed by atoms with Gasteiger partial charge in [-0.25, -0.2) is 0 Å². The average Bonchev–Trinajstić information content (AvgIpc) is 2.73. The molecule has 1 unspecified atom stereocenters. The maximum atomic E-state index is 12.3. The molecule has 2 aromatic carbocycles. The van der Waals surface area contributed by atoms with Gasteiger partial charge in [-0.05, 0) is 29.8 Å². The number of nitro groups is 1. The van der Waals surface area contributed by atoms with Gasteiger partial charge in [0.15, 0.2) is 0 Å². The molecule has 1 aliphatic heterocycles. The van der Waals surface area contributed by atoms with Crippen molar-refractivity contribution in [3.63, 3.8) is 0 Å². The normalized spacial score (nSPS) is 17.0. The molecule has 0 saturated carbocycles. The Bertz CT molecular complexity index is 875. The highest BCUT2D eigenvalue weighted by Gasteiger charge is 2.23. The van der Waals surface area contributed by atoms with Crippen LogP contribution in [0.15, 0.2) is 42.5 Å². The Morgan fingerprint density at radius 1 is 1.34 bits per heavy atom. The SMILES string of the molecule is COc1ccc(NC(=O)CCN2CCOC(c3ccc(Cl)cc3)C2)c([N+](=O)[O-])c1. The zero-order chi connectivity index (χ0) is 20.8. The van der Waals surface area contributed by atoms with Crippen LogP contribution in [-0.4, -0.2) is 49.1 Å². The van der Waals surface area contributed by atoms with Crippen molar-refractivity contribution in [1.82, 2.24) is 4.90 Å². The minimum atomic E-state index is -0.545. The average molecular weight is 420 g/mol. The van der Waals surface area contributed by atoms with Gasteiger partial charge in [0.05, 0.1) is 30.8 Å². The Kier molecular flexibility index (Phi) is 7.03. The van der Waals surface area contributed by atoms with Gasteiger partial charge in [0, 0.05) is 31.1 Å².